The Kier molecular flexibility index (Phi) is 36.7. The molecular formula is CoO15P6Zr+6. The second-order valence-corrected chi connectivity index (χ2v) is 6.23. The third kappa shape index (κ3) is 59.5. The van der Waals surface area contributed by atoms with Gasteiger partial charge in [0.1, 0.15) is 12.9 Å². The second kappa shape index (κ2) is 23.6. The van der Waals surface area contributed by atoms with Crippen LogP contribution in [0.2, 0.25) is 0 Å². The molecule has 0 amide bonds. The van der Waals surface area contributed by atoms with Gasteiger partial charge in [0.2, 0.25) is 0 Å². The van der Waals surface area contributed by atoms with Gasteiger partial charge >= 0.3 is 92.5 Å². The second-order valence-electron chi connectivity index (χ2n) is 1.59. The Morgan fingerprint density at radius 3 is 0.522 bits per heavy atom. The fourth-order valence-corrected chi connectivity index (χ4v) is 1.47. The van der Waals surface area contributed by atoms with Crippen LogP contribution in [0.3, 0.4) is 0 Å². The first-order valence-electron chi connectivity index (χ1n) is 3.29. The van der Waals surface area contributed by atoms with Crippen molar-refractivity contribution in [1.29, 1.82) is 0 Å². The first-order valence-corrected chi connectivity index (χ1v) is 9.86. The van der Waals surface area contributed by atoms with Gasteiger partial charge in [-0.25, -0.2) is 0 Å². The molecule has 0 aliphatic heterocycles. The van der Waals surface area contributed by atoms with E-state index in [1.165, 1.54) is 0 Å². The summed E-state index contributed by atoms with van der Waals surface area (Å²) in [4.78, 5) is 55.4. The van der Waals surface area contributed by atoms with Gasteiger partial charge in [0, 0.05) is 0 Å². The largest absolute Gasteiger partial charge is 4.00 e. The van der Waals surface area contributed by atoms with Crippen LogP contribution in [0.25, 0.3) is 0 Å². The molecule has 0 rings (SSSR count). The first kappa shape index (κ1) is 35.7. The van der Waals surface area contributed by atoms with Crippen LogP contribution in [0.5, 0.6) is 0 Å². The molecule has 0 N–H and O–H groups in total. The summed E-state index contributed by atoms with van der Waals surface area (Å²) in [6, 6.07) is 0. The van der Waals surface area contributed by atoms with E-state index in [4.69, 9.17) is 0 Å². The Morgan fingerprint density at radius 1 is 0.435 bits per heavy atom. The predicted molar refractivity (Wildman–Crippen MR) is 48.9 cm³/mol. The van der Waals surface area contributed by atoms with E-state index in [1.54, 1.807) is 0 Å². The third-order valence-corrected chi connectivity index (χ3v) is 3.60. The van der Waals surface area contributed by atoms with Crippen molar-refractivity contribution >= 4 is 49.5 Å². The Labute approximate surface area is 161 Å². The van der Waals surface area contributed by atoms with Crippen LogP contribution in [0.15, 0.2) is 0 Å². The van der Waals surface area contributed by atoms with E-state index in [-0.39, 0.29) is 43.0 Å². The van der Waals surface area contributed by atoms with Gasteiger partial charge in [-0.1, -0.05) is 0 Å². The van der Waals surface area contributed by atoms with Crippen LogP contribution >= 0.6 is 49.5 Å². The molecular weight excluding hydrogens is 576 g/mol. The van der Waals surface area contributed by atoms with Crippen molar-refractivity contribution < 1.29 is 113 Å². The molecule has 1 radical (unpaired) electrons. The van der Waals surface area contributed by atoms with Gasteiger partial charge in [0.05, 0.1) is 0 Å². The summed E-state index contributed by atoms with van der Waals surface area (Å²) >= 11 is 0. The molecule has 0 aromatic carbocycles. The summed E-state index contributed by atoms with van der Waals surface area (Å²) in [5.74, 6) is 0. The molecule has 0 fully saturated rings. The van der Waals surface area contributed by atoms with Gasteiger partial charge in [-0.2, -0.15) is 0 Å². The summed E-state index contributed by atoms with van der Waals surface area (Å²) in [7, 11) is -19.4. The minimum Gasteiger partial charge on any atom is -0.563 e. The molecule has 0 aromatic rings. The fraction of sp³-hybridized carbons (Fsp3) is 0. The molecule has 23 heavy (non-hydrogen) atoms. The van der Waals surface area contributed by atoms with Crippen LogP contribution in [0, 0.1) is 0 Å². The molecule has 6 atom stereocenters. The zero-order valence-electron chi connectivity index (χ0n) is 9.64. The van der Waals surface area contributed by atoms with E-state index >= 15 is 0 Å². The minimum absolute atomic E-state index is 0. The Balaban J connectivity index is -0.0000000675. The van der Waals surface area contributed by atoms with E-state index in [2.05, 4.69) is 12.9 Å². The summed E-state index contributed by atoms with van der Waals surface area (Å²) < 4.78 is 64.9. The van der Waals surface area contributed by atoms with Gasteiger partial charge in [0.15, 0.2) is 0 Å². The molecule has 0 bridgehead atoms. The Hall–Kier alpha value is 1.63. The molecule has 0 aromatic heterocycles. The van der Waals surface area contributed by atoms with Crippen LogP contribution in [0.1, 0.15) is 0 Å². The van der Waals surface area contributed by atoms with Crippen molar-refractivity contribution in [2.24, 2.45) is 0 Å². The maximum Gasteiger partial charge on any atom is 4.00 e. The first-order chi connectivity index (χ1) is 9.38. The molecule has 0 saturated carbocycles. The van der Waals surface area contributed by atoms with E-state index in [0.717, 1.165) is 0 Å². The minimum atomic E-state index is -3.24. The number of hydrogen-bond acceptors (Lipinski definition) is 15. The van der Waals surface area contributed by atoms with E-state index in [0.29, 0.717) is 0 Å². The van der Waals surface area contributed by atoms with E-state index in [9.17, 15) is 56.8 Å². The van der Waals surface area contributed by atoms with Gasteiger partial charge < -0.3 is 29.4 Å². The van der Waals surface area contributed by atoms with Gasteiger partial charge in [0.25, 0.3) is 0 Å². The molecule has 6 unspecified atom stereocenters. The number of hydrogen-bond donors (Lipinski definition) is 0. The molecule has 0 spiro atoms. The summed E-state index contributed by atoms with van der Waals surface area (Å²) in [6.07, 6.45) is 0. The molecule has 127 valence electrons. The predicted octanol–water partition coefficient (Wildman–Crippen LogP) is -2.89. The molecule has 0 aliphatic carbocycles. The van der Waals surface area contributed by atoms with Crippen LogP contribution in [-0.4, -0.2) is 0 Å². The summed E-state index contributed by atoms with van der Waals surface area (Å²) in [5.41, 5.74) is 0. The monoisotopic (exact) mass is 575 g/mol. The van der Waals surface area contributed by atoms with Gasteiger partial charge in [-0.15, -0.1) is 0 Å². The molecule has 0 heterocycles. The van der Waals surface area contributed by atoms with Crippen molar-refractivity contribution in [2.45, 2.75) is 0 Å². The third-order valence-electron chi connectivity index (χ3n) is 0.400. The van der Waals surface area contributed by atoms with E-state index in [1.807, 2.05) is 0 Å². The molecule has 0 saturated heterocycles. The average molecular weight is 576 g/mol. The fourth-order valence-electron chi connectivity index (χ4n) is 0.163. The van der Waals surface area contributed by atoms with E-state index < -0.39 is 49.5 Å². The zero-order valence-corrected chi connectivity index (χ0v) is 18.5. The number of rotatable bonds is 6. The van der Waals surface area contributed by atoms with Crippen LogP contribution < -0.4 is 29.4 Å². The van der Waals surface area contributed by atoms with Gasteiger partial charge in [-0.3, -0.25) is 0 Å². The zero-order chi connectivity index (χ0) is 17.6. The van der Waals surface area contributed by atoms with Crippen molar-refractivity contribution in [3.63, 3.8) is 0 Å². The summed E-state index contributed by atoms with van der Waals surface area (Å²) in [5, 5.41) is 0. The maximum atomic E-state index is 9.24. The topological polar surface area (TPSA) is 268 Å². The Morgan fingerprint density at radius 2 is 0.522 bits per heavy atom. The van der Waals surface area contributed by atoms with Crippen molar-refractivity contribution in [2.75, 3.05) is 0 Å². The maximum absolute atomic E-state index is 9.24. The molecule has 15 nitrogen and oxygen atoms in total. The molecule has 23 heteroatoms. The quantitative estimate of drug-likeness (QED) is 0.287. The van der Waals surface area contributed by atoms with Crippen molar-refractivity contribution in [3.05, 3.63) is 0 Å². The smallest absolute Gasteiger partial charge is 0.563 e. The molecule has 0 aliphatic rings. The SMILES string of the molecule is O=[P+]([O-])O[P+](=O)[O-].O=[P+]([O-])O[P+](=O)[O-].O=[P+]([O-])O[P+](=O)[O-].[Co+2].[Zr+4]. The van der Waals surface area contributed by atoms with Crippen molar-refractivity contribution in [3.8, 4) is 0 Å². The van der Waals surface area contributed by atoms with Crippen LogP contribution in [0.4, 0.5) is 0 Å². The Bertz CT molecular complexity index is 320. The van der Waals surface area contributed by atoms with Crippen molar-refractivity contribution in [1.82, 2.24) is 0 Å². The van der Waals surface area contributed by atoms with Gasteiger partial charge in [-0.05, 0) is 27.4 Å². The average Bonchev–Trinajstić information content (AvgIpc) is 2.10. The van der Waals surface area contributed by atoms with Crippen LogP contribution in [-0.2, 0) is 83.3 Å². The standard InChI is InChI=1S/Co.3O5P2.Zr/c;3*1-6(2)5-7(3)4;/q+2;;;;+4. The normalized spacial score (nSPS) is 12.3. The summed E-state index contributed by atoms with van der Waals surface area (Å²) in [6.45, 7) is 0.